The molecule has 128 valence electrons. The highest BCUT2D eigenvalue weighted by molar-refractivity contribution is 6.04. The summed E-state index contributed by atoms with van der Waals surface area (Å²) < 4.78 is 13.2. The minimum Gasteiger partial charge on any atom is -0.492 e. The number of rotatable bonds is 5. The van der Waals surface area contributed by atoms with Crippen molar-refractivity contribution in [2.24, 2.45) is 0 Å². The fourth-order valence-electron chi connectivity index (χ4n) is 2.74. The van der Waals surface area contributed by atoms with Crippen LogP contribution in [0.5, 0.6) is 11.5 Å². The molecule has 1 aromatic heterocycles. The zero-order chi connectivity index (χ0) is 17.3. The van der Waals surface area contributed by atoms with Gasteiger partial charge in [0.1, 0.15) is 17.6 Å². The lowest BCUT2D eigenvalue weighted by atomic mass is 10.1. The maximum absolute atomic E-state index is 12.5. The molecular formula is C18H23N3O3. The topological polar surface area (TPSA) is 65.4 Å². The number of carbonyl (C=O) groups excluding carboxylic acids is 1. The summed E-state index contributed by atoms with van der Waals surface area (Å²) in [5.41, 5.74) is 2.24. The average molecular weight is 329 g/mol. The van der Waals surface area contributed by atoms with Crippen LogP contribution in [-0.4, -0.2) is 28.4 Å². The predicted molar refractivity (Wildman–Crippen MR) is 92.0 cm³/mol. The van der Waals surface area contributed by atoms with Gasteiger partial charge < -0.3 is 14.8 Å². The van der Waals surface area contributed by atoms with Gasteiger partial charge in [0.05, 0.1) is 24.1 Å². The smallest absolute Gasteiger partial charge is 0.258 e. The van der Waals surface area contributed by atoms with Crippen molar-refractivity contribution in [1.82, 2.24) is 9.78 Å². The highest BCUT2D eigenvalue weighted by Crippen LogP contribution is 2.38. The third kappa shape index (κ3) is 3.22. The number of fused-ring (bicyclic) bond motifs is 1. The van der Waals surface area contributed by atoms with Crippen LogP contribution in [0.1, 0.15) is 49.7 Å². The number of hydrogen-bond acceptors (Lipinski definition) is 4. The Morgan fingerprint density at radius 2 is 2.29 bits per heavy atom. The van der Waals surface area contributed by atoms with Crippen LogP contribution in [0, 0.1) is 0 Å². The molecule has 0 fully saturated rings. The van der Waals surface area contributed by atoms with Gasteiger partial charge in [-0.1, -0.05) is 0 Å². The third-order valence-electron chi connectivity index (χ3n) is 3.94. The van der Waals surface area contributed by atoms with E-state index >= 15 is 0 Å². The van der Waals surface area contributed by atoms with Crippen molar-refractivity contribution in [2.45, 2.75) is 46.3 Å². The number of amides is 1. The summed E-state index contributed by atoms with van der Waals surface area (Å²) >= 11 is 0. The standard InChI is InChI=1S/C18H23N3O3/c1-5-23-17-7-13-6-12(4)24-16(13)8-15(17)20-18(22)14-9-19-21(10-14)11(2)3/h7-12H,5-6H2,1-4H3,(H,20,22)/t12-/m1/s1. The van der Waals surface area contributed by atoms with Crippen molar-refractivity contribution in [2.75, 3.05) is 11.9 Å². The molecule has 6 heteroatoms. The van der Waals surface area contributed by atoms with Crippen LogP contribution in [0.2, 0.25) is 0 Å². The molecule has 0 bridgehead atoms. The lowest BCUT2D eigenvalue weighted by Crippen LogP contribution is -2.13. The van der Waals surface area contributed by atoms with Gasteiger partial charge in [-0.05, 0) is 33.8 Å². The van der Waals surface area contributed by atoms with Gasteiger partial charge in [0.25, 0.3) is 5.91 Å². The Bertz CT molecular complexity index is 752. The van der Waals surface area contributed by atoms with E-state index in [0.717, 1.165) is 17.7 Å². The summed E-state index contributed by atoms with van der Waals surface area (Å²) in [5.74, 6) is 1.26. The van der Waals surface area contributed by atoms with Crippen molar-refractivity contribution in [3.05, 3.63) is 35.7 Å². The van der Waals surface area contributed by atoms with Crippen molar-refractivity contribution in [1.29, 1.82) is 0 Å². The lowest BCUT2D eigenvalue weighted by Gasteiger charge is -2.13. The Kier molecular flexibility index (Phi) is 4.46. The monoisotopic (exact) mass is 329 g/mol. The molecule has 6 nitrogen and oxygen atoms in total. The van der Waals surface area contributed by atoms with E-state index in [1.165, 1.54) is 0 Å². The highest BCUT2D eigenvalue weighted by atomic mass is 16.5. The second kappa shape index (κ2) is 6.55. The average Bonchev–Trinajstić information content (AvgIpc) is 3.13. The number of aromatic nitrogens is 2. The van der Waals surface area contributed by atoms with E-state index in [-0.39, 0.29) is 18.1 Å². The Morgan fingerprint density at radius 3 is 2.96 bits per heavy atom. The van der Waals surface area contributed by atoms with Crippen LogP contribution in [0.25, 0.3) is 0 Å². The van der Waals surface area contributed by atoms with Crippen molar-refractivity contribution in [3.63, 3.8) is 0 Å². The molecular weight excluding hydrogens is 306 g/mol. The predicted octanol–water partition coefficient (Wildman–Crippen LogP) is 3.44. The van der Waals surface area contributed by atoms with Crippen LogP contribution >= 0.6 is 0 Å². The van der Waals surface area contributed by atoms with Gasteiger partial charge in [-0.15, -0.1) is 0 Å². The number of anilines is 1. The van der Waals surface area contributed by atoms with Gasteiger partial charge in [-0.2, -0.15) is 5.10 Å². The summed E-state index contributed by atoms with van der Waals surface area (Å²) in [7, 11) is 0. The number of nitrogens with zero attached hydrogens (tertiary/aromatic N) is 2. The van der Waals surface area contributed by atoms with Gasteiger partial charge in [0, 0.05) is 30.3 Å². The fourth-order valence-corrected chi connectivity index (χ4v) is 2.74. The molecule has 1 amide bonds. The van der Waals surface area contributed by atoms with Crippen molar-refractivity contribution in [3.8, 4) is 11.5 Å². The zero-order valence-electron chi connectivity index (χ0n) is 14.5. The molecule has 0 spiro atoms. The first-order chi connectivity index (χ1) is 11.5. The lowest BCUT2D eigenvalue weighted by molar-refractivity contribution is 0.102. The van der Waals surface area contributed by atoms with Crippen molar-refractivity contribution < 1.29 is 14.3 Å². The second-order valence-corrected chi connectivity index (χ2v) is 6.28. The number of hydrogen-bond donors (Lipinski definition) is 1. The molecule has 1 aromatic carbocycles. The molecule has 1 aliphatic heterocycles. The molecule has 0 saturated heterocycles. The maximum Gasteiger partial charge on any atom is 0.258 e. The summed E-state index contributed by atoms with van der Waals surface area (Å²) in [6.07, 6.45) is 4.31. The number of ether oxygens (including phenoxy) is 2. The first-order valence-corrected chi connectivity index (χ1v) is 8.29. The van der Waals surface area contributed by atoms with Crippen LogP contribution in [0.3, 0.4) is 0 Å². The SMILES string of the molecule is CCOc1cc2c(cc1NC(=O)c1cnn(C(C)C)c1)O[C@H](C)C2. The van der Waals surface area contributed by atoms with Gasteiger partial charge >= 0.3 is 0 Å². The molecule has 2 aromatic rings. The Balaban J connectivity index is 1.85. The van der Waals surface area contributed by atoms with Crippen LogP contribution in [0.4, 0.5) is 5.69 Å². The van der Waals surface area contributed by atoms with Crippen LogP contribution in [0.15, 0.2) is 24.5 Å². The van der Waals surface area contributed by atoms with Gasteiger partial charge in [0.2, 0.25) is 0 Å². The first kappa shape index (κ1) is 16.4. The quantitative estimate of drug-likeness (QED) is 0.912. The number of nitrogens with one attached hydrogen (secondary N) is 1. The zero-order valence-corrected chi connectivity index (χ0v) is 14.5. The summed E-state index contributed by atoms with van der Waals surface area (Å²) in [5, 5.41) is 7.12. The molecule has 0 saturated carbocycles. The van der Waals surface area contributed by atoms with Crippen LogP contribution in [-0.2, 0) is 6.42 Å². The second-order valence-electron chi connectivity index (χ2n) is 6.28. The van der Waals surface area contributed by atoms with Gasteiger partial charge in [-0.3, -0.25) is 9.48 Å². The van der Waals surface area contributed by atoms with E-state index in [9.17, 15) is 4.79 Å². The van der Waals surface area contributed by atoms with Gasteiger partial charge in [0.15, 0.2) is 0 Å². The summed E-state index contributed by atoms with van der Waals surface area (Å²) in [6, 6.07) is 4.00. The normalized spacial score (nSPS) is 16.0. The number of carbonyl (C=O) groups is 1. The van der Waals surface area contributed by atoms with E-state index in [4.69, 9.17) is 9.47 Å². The highest BCUT2D eigenvalue weighted by Gasteiger charge is 2.23. The van der Waals surface area contributed by atoms with Gasteiger partial charge in [-0.25, -0.2) is 0 Å². The Labute approximate surface area is 141 Å². The third-order valence-corrected chi connectivity index (χ3v) is 3.94. The van der Waals surface area contributed by atoms with E-state index in [1.54, 1.807) is 17.1 Å². The Hall–Kier alpha value is -2.50. The fraction of sp³-hybridized carbons (Fsp3) is 0.444. The molecule has 2 heterocycles. The minimum absolute atomic E-state index is 0.143. The molecule has 1 aliphatic rings. The minimum atomic E-state index is -0.214. The largest absolute Gasteiger partial charge is 0.492 e. The molecule has 1 atom stereocenters. The summed E-state index contributed by atoms with van der Waals surface area (Å²) in [4.78, 5) is 12.5. The van der Waals surface area contributed by atoms with E-state index in [0.29, 0.717) is 23.6 Å². The molecule has 1 N–H and O–H groups in total. The molecule has 0 unspecified atom stereocenters. The molecule has 0 radical (unpaired) electrons. The van der Waals surface area contributed by atoms with E-state index in [2.05, 4.69) is 10.4 Å². The summed E-state index contributed by atoms with van der Waals surface area (Å²) in [6.45, 7) is 8.51. The molecule has 3 rings (SSSR count). The first-order valence-electron chi connectivity index (χ1n) is 8.29. The number of benzene rings is 1. The molecule has 24 heavy (non-hydrogen) atoms. The van der Waals surface area contributed by atoms with Crippen LogP contribution < -0.4 is 14.8 Å². The van der Waals surface area contributed by atoms with E-state index in [1.807, 2.05) is 39.8 Å². The molecule has 0 aliphatic carbocycles. The Morgan fingerprint density at radius 1 is 1.50 bits per heavy atom. The van der Waals surface area contributed by atoms with E-state index < -0.39 is 0 Å². The van der Waals surface area contributed by atoms with Crippen molar-refractivity contribution >= 4 is 11.6 Å². The maximum atomic E-state index is 12.5.